The van der Waals surface area contributed by atoms with E-state index in [4.69, 9.17) is 23.2 Å². The van der Waals surface area contributed by atoms with Crippen molar-refractivity contribution in [3.8, 4) is 0 Å². The Morgan fingerprint density at radius 1 is 0.960 bits per heavy atom. The van der Waals surface area contributed by atoms with Crippen LogP contribution in [0.15, 0.2) is 54.7 Å². The van der Waals surface area contributed by atoms with E-state index in [-0.39, 0.29) is 0 Å². The molecule has 0 aliphatic carbocycles. The number of rotatable bonds is 7. The molecular formula is C18H17Cl2N5. The van der Waals surface area contributed by atoms with Crippen molar-refractivity contribution in [1.82, 2.24) is 15.2 Å². The molecule has 1 heterocycles. The molecule has 7 heteroatoms. The maximum atomic E-state index is 6.18. The SMILES string of the molecule is Clc1ccc(CCNc2cnnc(NCc3ccccc3)n2)c(Cl)c1. The number of aromatic nitrogens is 3. The van der Waals surface area contributed by atoms with E-state index in [0.29, 0.717) is 34.9 Å². The molecule has 0 fully saturated rings. The van der Waals surface area contributed by atoms with Crippen molar-refractivity contribution in [3.05, 3.63) is 75.9 Å². The molecule has 1 aromatic heterocycles. The van der Waals surface area contributed by atoms with Gasteiger partial charge >= 0.3 is 0 Å². The fraction of sp³-hybridized carbons (Fsp3) is 0.167. The van der Waals surface area contributed by atoms with Gasteiger partial charge in [-0.15, -0.1) is 5.10 Å². The van der Waals surface area contributed by atoms with Crippen LogP contribution in [0.25, 0.3) is 0 Å². The van der Waals surface area contributed by atoms with Gasteiger partial charge in [0.1, 0.15) is 0 Å². The summed E-state index contributed by atoms with van der Waals surface area (Å²) in [5, 5.41) is 15.7. The number of nitrogens with one attached hydrogen (secondary N) is 2. The molecule has 0 aliphatic rings. The van der Waals surface area contributed by atoms with Gasteiger partial charge < -0.3 is 10.6 Å². The van der Waals surface area contributed by atoms with E-state index in [9.17, 15) is 0 Å². The minimum Gasteiger partial charge on any atom is -0.368 e. The van der Waals surface area contributed by atoms with Crippen LogP contribution in [0.3, 0.4) is 0 Å². The highest BCUT2D eigenvalue weighted by atomic mass is 35.5. The molecule has 2 N–H and O–H groups in total. The average Bonchev–Trinajstić information content (AvgIpc) is 2.63. The topological polar surface area (TPSA) is 62.7 Å². The van der Waals surface area contributed by atoms with Gasteiger partial charge in [0.2, 0.25) is 5.95 Å². The third kappa shape index (κ3) is 5.31. The molecule has 0 bridgehead atoms. The zero-order valence-electron chi connectivity index (χ0n) is 13.4. The van der Waals surface area contributed by atoms with Crippen molar-refractivity contribution in [1.29, 1.82) is 0 Å². The van der Waals surface area contributed by atoms with Gasteiger partial charge in [0.25, 0.3) is 0 Å². The third-order valence-electron chi connectivity index (χ3n) is 3.57. The quantitative estimate of drug-likeness (QED) is 0.640. The highest BCUT2D eigenvalue weighted by Crippen LogP contribution is 2.21. The van der Waals surface area contributed by atoms with Crippen molar-refractivity contribution < 1.29 is 0 Å². The lowest BCUT2D eigenvalue weighted by atomic mass is 10.1. The molecule has 0 saturated heterocycles. The van der Waals surface area contributed by atoms with Crippen molar-refractivity contribution in [3.63, 3.8) is 0 Å². The number of hydrogen-bond acceptors (Lipinski definition) is 5. The molecule has 3 aromatic rings. The lowest BCUT2D eigenvalue weighted by Crippen LogP contribution is -2.10. The summed E-state index contributed by atoms with van der Waals surface area (Å²) >= 11 is 12.1. The number of hydrogen-bond donors (Lipinski definition) is 2. The molecule has 0 amide bonds. The van der Waals surface area contributed by atoms with E-state index in [1.54, 1.807) is 12.3 Å². The molecule has 2 aromatic carbocycles. The molecule has 25 heavy (non-hydrogen) atoms. The minimum atomic E-state index is 0.485. The lowest BCUT2D eigenvalue weighted by molar-refractivity contribution is 0.929. The summed E-state index contributed by atoms with van der Waals surface area (Å²) in [4.78, 5) is 4.41. The van der Waals surface area contributed by atoms with Gasteiger partial charge in [-0.25, -0.2) is 0 Å². The highest BCUT2D eigenvalue weighted by molar-refractivity contribution is 6.35. The maximum absolute atomic E-state index is 6.18. The van der Waals surface area contributed by atoms with Crippen LogP contribution in [-0.2, 0) is 13.0 Å². The van der Waals surface area contributed by atoms with Gasteiger partial charge in [0.05, 0.1) is 6.20 Å². The first kappa shape index (κ1) is 17.5. The van der Waals surface area contributed by atoms with Gasteiger partial charge in [-0.1, -0.05) is 59.6 Å². The summed E-state index contributed by atoms with van der Waals surface area (Å²) in [6.45, 7) is 1.32. The van der Waals surface area contributed by atoms with E-state index in [1.807, 2.05) is 42.5 Å². The van der Waals surface area contributed by atoms with Crippen LogP contribution in [0.1, 0.15) is 11.1 Å². The Kier molecular flexibility index (Phi) is 6.04. The van der Waals surface area contributed by atoms with E-state index in [1.165, 1.54) is 0 Å². The summed E-state index contributed by atoms with van der Waals surface area (Å²) in [7, 11) is 0. The summed E-state index contributed by atoms with van der Waals surface area (Å²) < 4.78 is 0. The monoisotopic (exact) mass is 373 g/mol. The average molecular weight is 374 g/mol. The first-order valence-electron chi connectivity index (χ1n) is 7.86. The molecule has 3 rings (SSSR count). The maximum Gasteiger partial charge on any atom is 0.244 e. The highest BCUT2D eigenvalue weighted by Gasteiger charge is 2.03. The number of anilines is 2. The predicted molar refractivity (Wildman–Crippen MR) is 102 cm³/mol. The van der Waals surface area contributed by atoms with E-state index >= 15 is 0 Å². The Bertz CT molecular complexity index is 827. The Labute approximate surface area is 156 Å². The van der Waals surface area contributed by atoms with Crippen LogP contribution < -0.4 is 10.6 Å². The van der Waals surface area contributed by atoms with Crippen LogP contribution in [0.5, 0.6) is 0 Å². The summed E-state index contributed by atoms with van der Waals surface area (Å²) in [5.41, 5.74) is 2.19. The third-order valence-corrected chi connectivity index (χ3v) is 4.15. The molecular weight excluding hydrogens is 357 g/mol. The van der Waals surface area contributed by atoms with Crippen molar-refractivity contribution in [2.45, 2.75) is 13.0 Å². The second-order valence-electron chi connectivity index (χ2n) is 5.42. The van der Waals surface area contributed by atoms with E-state index in [0.717, 1.165) is 17.5 Å². The van der Waals surface area contributed by atoms with Gasteiger partial charge in [-0.2, -0.15) is 10.1 Å². The zero-order valence-corrected chi connectivity index (χ0v) is 14.9. The van der Waals surface area contributed by atoms with Gasteiger partial charge in [0.15, 0.2) is 5.82 Å². The van der Waals surface area contributed by atoms with Gasteiger partial charge in [-0.3, -0.25) is 0 Å². The smallest absolute Gasteiger partial charge is 0.244 e. The van der Waals surface area contributed by atoms with Gasteiger partial charge in [0, 0.05) is 23.1 Å². The predicted octanol–water partition coefficient (Wildman–Crippen LogP) is 4.45. The van der Waals surface area contributed by atoms with Crippen molar-refractivity contribution in [2.24, 2.45) is 0 Å². The summed E-state index contributed by atoms with van der Waals surface area (Å²) in [5.74, 6) is 1.15. The lowest BCUT2D eigenvalue weighted by Gasteiger charge is -2.09. The molecule has 128 valence electrons. The Hall–Kier alpha value is -2.37. The largest absolute Gasteiger partial charge is 0.368 e. The molecule has 0 radical (unpaired) electrons. The first-order valence-corrected chi connectivity index (χ1v) is 8.61. The van der Waals surface area contributed by atoms with Crippen LogP contribution >= 0.6 is 23.2 Å². The molecule has 5 nitrogen and oxygen atoms in total. The Balaban J connectivity index is 1.53. The number of halogens is 2. The molecule has 0 aliphatic heterocycles. The fourth-order valence-electron chi connectivity index (χ4n) is 2.29. The van der Waals surface area contributed by atoms with Gasteiger partial charge in [-0.05, 0) is 29.7 Å². The summed E-state index contributed by atoms with van der Waals surface area (Å²) in [6.07, 6.45) is 2.35. The molecule has 0 spiro atoms. The standard InChI is InChI=1S/C18H17Cl2N5/c19-15-7-6-14(16(20)10-15)8-9-21-17-12-23-25-18(24-17)22-11-13-4-2-1-3-5-13/h1-7,10,12H,8-9,11H2,(H2,21,22,24,25). The number of benzene rings is 2. The zero-order chi connectivity index (χ0) is 17.5. The van der Waals surface area contributed by atoms with Crippen LogP contribution in [0, 0.1) is 0 Å². The van der Waals surface area contributed by atoms with Crippen LogP contribution in [0.2, 0.25) is 10.0 Å². The van der Waals surface area contributed by atoms with Crippen LogP contribution in [0.4, 0.5) is 11.8 Å². The second-order valence-corrected chi connectivity index (χ2v) is 6.26. The molecule has 0 saturated carbocycles. The van der Waals surface area contributed by atoms with Crippen molar-refractivity contribution in [2.75, 3.05) is 17.2 Å². The second kappa shape index (κ2) is 8.65. The Morgan fingerprint density at radius 2 is 1.80 bits per heavy atom. The van der Waals surface area contributed by atoms with E-state index in [2.05, 4.69) is 25.8 Å². The van der Waals surface area contributed by atoms with E-state index < -0.39 is 0 Å². The van der Waals surface area contributed by atoms with Crippen molar-refractivity contribution >= 4 is 35.0 Å². The summed E-state index contributed by atoms with van der Waals surface area (Å²) in [6, 6.07) is 15.6. The number of nitrogens with zero attached hydrogens (tertiary/aromatic N) is 3. The minimum absolute atomic E-state index is 0.485. The molecule has 0 atom stereocenters. The normalized spacial score (nSPS) is 10.5. The molecule has 0 unspecified atom stereocenters. The van der Waals surface area contributed by atoms with Crippen LogP contribution in [-0.4, -0.2) is 21.7 Å². The Morgan fingerprint density at radius 3 is 2.60 bits per heavy atom. The first-order chi connectivity index (χ1) is 12.2. The fourth-order valence-corrected chi connectivity index (χ4v) is 2.79.